The molecule has 0 saturated carbocycles. The summed E-state index contributed by atoms with van der Waals surface area (Å²) in [4.78, 5) is 39.9. The van der Waals surface area contributed by atoms with E-state index in [1.54, 1.807) is 30.3 Å². The minimum absolute atomic E-state index is 0.00804. The van der Waals surface area contributed by atoms with Gasteiger partial charge in [-0.3, -0.25) is 19.3 Å². The van der Waals surface area contributed by atoms with E-state index >= 15 is 0 Å². The molecule has 2 aromatic heterocycles. The first kappa shape index (κ1) is 25.2. The number of aromatic nitrogens is 1. The molecular weight excluding hydrogens is 504 g/mol. The smallest absolute Gasteiger partial charge is 0.306 e. The molecule has 6 rings (SSSR count). The van der Waals surface area contributed by atoms with Crippen molar-refractivity contribution in [1.82, 2.24) is 9.47 Å². The van der Waals surface area contributed by atoms with E-state index in [-0.39, 0.29) is 23.7 Å². The number of fused-ring (bicyclic) bond motifs is 5. The molecule has 2 bridgehead atoms. The van der Waals surface area contributed by atoms with Crippen LogP contribution in [-0.2, 0) is 22.6 Å². The standard InChI is InChI=1S/C29H30N2O8/c1-36-27(34)12-21(18-5-6-24-25(10-18)38-8-7-37-24)29-28(35)23(32)11-20(39-29)16-30-13-17-9-19(15-30)22-3-2-4-26(33)31(22)14-17/h2-6,10-11,17,19,21,35H,7-9,12-16H2,1H3. The molecule has 3 aliphatic rings. The molecule has 204 valence electrons. The lowest BCUT2D eigenvalue weighted by Crippen LogP contribution is -2.46. The van der Waals surface area contributed by atoms with Crippen molar-refractivity contribution in [3.8, 4) is 17.2 Å². The molecule has 10 heteroatoms. The van der Waals surface area contributed by atoms with Crippen molar-refractivity contribution < 1.29 is 28.5 Å². The molecule has 3 unspecified atom stereocenters. The molecule has 3 aliphatic heterocycles. The number of likely N-dealkylation sites (tertiary alicyclic amines) is 1. The monoisotopic (exact) mass is 534 g/mol. The van der Waals surface area contributed by atoms with Gasteiger partial charge in [-0.15, -0.1) is 0 Å². The van der Waals surface area contributed by atoms with Gasteiger partial charge in [0.05, 0.1) is 26.0 Å². The number of methoxy groups -OCH3 is 1. The van der Waals surface area contributed by atoms with E-state index < -0.39 is 23.1 Å². The van der Waals surface area contributed by atoms with E-state index in [4.69, 9.17) is 18.6 Å². The van der Waals surface area contributed by atoms with Gasteiger partial charge in [-0.05, 0) is 36.1 Å². The summed E-state index contributed by atoms with van der Waals surface area (Å²) in [5, 5.41) is 10.8. The van der Waals surface area contributed by atoms with Gasteiger partial charge in [-0.2, -0.15) is 0 Å². The lowest BCUT2D eigenvalue weighted by molar-refractivity contribution is -0.140. The number of piperidine rings is 1. The van der Waals surface area contributed by atoms with Gasteiger partial charge in [0.15, 0.2) is 17.3 Å². The molecule has 39 heavy (non-hydrogen) atoms. The number of aromatic hydroxyl groups is 1. The van der Waals surface area contributed by atoms with Gasteiger partial charge in [0.25, 0.3) is 5.56 Å². The number of rotatable bonds is 6. The summed E-state index contributed by atoms with van der Waals surface area (Å²) in [6, 6.07) is 12.0. The van der Waals surface area contributed by atoms with Crippen molar-refractivity contribution in [2.24, 2.45) is 5.92 Å². The average Bonchev–Trinajstić information content (AvgIpc) is 2.94. The fraction of sp³-hybridized carbons (Fsp3) is 0.414. The van der Waals surface area contributed by atoms with Gasteiger partial charge in [0.2, 0.25) is 11.2 Å². The molecule has 0 radical (unpaired) electrons. The van der Waals surface area contributed by atoms with Gasteiger partial charge in [-0.1, -0.05) is 12.1 Å². The minimum Gasteiger partial charge on any atom is -0.502 e. The lowest BCUT2D eigenvalue weighted by Gasteiger charge is -2.42. The van der Waals surface area contributed by atoms with Crippen LogP contribution in [0.4, 0.5) is 0 Å². The van der Waals surface area contributed by atoms with Gasteiger partial charge >= 0.3 is 5.97 Å². The van der Waals surface area contributed by atoms with Crippen molar-refractivity contribution in [3.63, 3.8) is 0 Å². The van der Waals surface area contributed by atoms with Crippen LogP contribution < -0.4 is 20.5 Å². The van der Waals surface area contributed by atoms with E-state index in [0.29, 0.717) is 61.6 Å². The summed E-state index contributed by atoms with van der Waals surface area (Å²) >= 11 is 0. The van der Waals surface area contributed by atoms with Crippen LogP contribution in [0.3, 0.4) is 0 Å². The Bertz CT molecular complexity index is 1530. The molecule has 3 aromatic rings. The topological polar surface area (TPSA) is 120 Å². The highest BCUT2D eigenvalue weighted by Crippen LogP contribution is 2.40. The van der Waals surface area contributed by atoms with Crippen molar-refractivity contribution in [1.29, 1.82) is 0 Å². The highest BCUT2D eigenvalue weighted by atomic mass is 16.6. The van der Waals surface area contributed by atoms with E-state index in [1.165, 1.54) is 13.2 Å². The maximum atomic E-state index is 12.9. The first-order valence-electron chi connectivity index (χ1n) is 13.1. The fourth-order valence-corrected chi connectivity index (χ4v) is 6.10. The van der Waals surface area contributed by atoms with Gasteiger partial charge in [0, 0.05) is 43.4 Å². The number of nitrogens with zero attached hydrogens (tertiary/aromatic N) is 2. The van der Waals surface area contributed by atoms with Crippen LogP contribution in [0.15, 0.2) is 56.5 Å². The molecule has 3 atom stereocenters. The largest absolute Gasteiger partial charge is 0.502 e. The zero-order valence-corrected chi connectivity index (χ0v) is 21.6. The molecule has 1 N–H and O–H groups in total. The van der Waals surface area contributed by atoms with Crippen LogP contribution in [0.1, 0.15) is 47.5 Å². The zero-order chi connectivity index (χ0) is 27.1. The number of carbonyl (C=O) groups excluding carboxylic acids is 1. The molecule has 1 aromatic carbocycles. The Kier molecular flexibility index (Phi) is 6.64. The van der Waals surface area contributed by atoms with Gasteiger partial charge in [0.1, 0.15) is 19.0 Å². The number of ether oxygens (including phenoxy) is 3. The summed E-state index contributed by atoms with van der Waals surface area (Å²) in [5.41, 5.74) is 1.11. The van der Waals surface area contributed by atoms with Crippen molar-refractivity contribution in [3.05, 3.63) is 85.8 Å². The van der Waals surface area contributed by atoms with Crippen LogP contribution in [-0.4, -0.2) is 54.0 Å². The Balaban J connectivity index is 1.31. The molecule has 5 heterocycles. The molecule has 10 nitrogen and oxygen atoms in total. The normalized spacial score (nSPS) is 20.6. The number of esters is 1. The van der Waals surface area contributed by atoms with Crippen LogP contribution in [0.2, 0.25) is 0 Å². The van der Waals surface area contributed by atoms with E-state index in [0.717, 1.165) is 18.7 Å². The van der Waals surface area contributed by atoms with Crippen molar-refractivity contribution in [2.75, 3.05) is 33.4 Å². The van der Waals surface area contributed by atoms with E-state index in [9.17, 15) is 19.5 Å². The van der Waals surface area contributed by atoms with Crippen molar-refractivity contribution >= 4 is 5.97 Å². The average molecular weight is 535 g/mol. The first-order chi connectivity index (χ1) is 18.9. The molecular formula is C29H30N2O8. The molecule has 1 saturated heterocycles. The second kappa shape index (κ2) is 10.3. The third kappa shape index (κ3) is 4.92. The van der Waals surface area contributed by atoms with Crippen LogP contribution in [0, 0.1) is 5.92 Å². The second-order valence-electron chi connectivity index (χ2n) is 10.4. The highest BCUT2D eigenvalue weighted by molar-refractivity contribution is 5.71. The van der Waals surface area contributed by atoms with Crippen LogP contribution in [0.5, 0.6) is 17.2 Å². The molecule has 0 aliphatic carbocycles. The molecule has 0 amide bonds. The van der Waals surface area contributed by atoms with E-state index in [1.807, 2.05) is 10.6 Å². The predicted molar refractivity (Wildman–Crippen MR) is 139 cm³/mol. The number of hydrogen-bond donors (Lipinski definition) is 1. The molecule has 1 fully saturated rings. The number of benzene rings is 1. The summed E-state index contributed by atoms with van der Waals surface area (Å²) in [7, 11) is 1.29. The Hall–Kier alpha value is -4.05. The fourth-order valence-electron chi connectivity index (χ4n) is 6.10. The van der Waals surface area contributed by atoms with Crippen LogP contribution in [0.25, 0.3) is 0 Å². The summed E-state index contributed by atoms with van der Waals surface area (Å²) in [6.45, 7) is 3.33. The van der Waals surface area contributed by atoms with Gasteiger partial charge < -0.3 is 28.3 Å². The van der Waals surface area contributed by atoms with Gasteiger partial charge in [-0.25, -0.2) is 0 Å². The highest BCUT2D eigenvalue weighted by Gasteiger charge is 2.35. The first-order valence-corrected chi connectivity index (χ1v) is 13.1. The predicted octanol–water partition coefficient (Wildman–Crippen LogP) is 2.59. The Labute approximate surface area is 224 Å². The Morgan fingerprint density at radius 3 is 2.72 bits per heavy atom. The maximum absolute atomic E-state index is 12.9. The third-order valence-electron chi connectivity index (χ3n) is 7.82. The third-order valence-corrected chi connectivity index (χ3v) is 7.82. The quantitative estimate of drug-likeness (QED) is 0.476. The zero-order valence-electron chi connectivity index (χ0n) is 21.6. The number of carbonyl (C=O) groups is 1. The SMILES string of the molecule is COC(=O)CC(c1ccc2c(c1)OCCO2)c1oc(CN2CC3CC(C2)c2cccc(=O)n2C3)cc(=O)c1O. The lowest BCUT2D eigenvalue weighted by atomic mass is 9.83. The summed E-state index contributed by atoms with van der Waals surface area (Å²) in [5.74, 6) is 0.196. The molecule has 0 spiro atoms. The van der Waals surface area contributed by atoms with Crippen LogP contribution >= 0.6 is 0 Å². The second-order valence-corrected chi connectivity index (χ2v) is 10.4. The minimum atomic E-state index is -0.777. The van der Waals surface area contributed by atoms with Crippen molar-refractivity contribution in [2.45, 2.75) is 37.8 Å². The summed E-state index contributed by atoms with van der Waals surface area (Å²) < 4.78 is 24.3. The number of pyridine rings is 1. The van der Waals surface area contributed by atoms with E-state index in [2.05, 4.69) is 4.90 Å². The maximum Gasteiger partial charge on any atom is 0.306 e. The Morgan fingerprint density at radius 1 is 1.08 bits per heavy atom. The number of hydrogen-bond acceptors (Lipinski definition) is 9. The summed E-state index contributed by atoms with van der Waals surface area (Å²) in [6.07, 6.45) is 0.867. The Morgan fingerprint density at radius 2 is 1.90 bits per heavy atom.